The van der Waals surface area contributed by atoms with Crippen LogP contribution in [-0.4, -0.2) is 51.9 Å². The number of benzene rings is 2. The first kappa shape index (κ1) is 24.1. The Morgan fingerprint density at radius 1 is 1.06 bits per heavy atom. The highest BCUT2D eigenvalue weighted by Gasteiger charge is 2.27. The lowest BCUT2D eigenvalue weighted by Gasteiger charge is -2.34. The molecule has 0 radical (unpaired) electrons. The van der Waals surface area contributed by atoms with Crippen LogP contribution >= 0.6 is 0 Å². The quantitative estimate of drug-likeness (QED) is 0.610. The van der Waals surface area contributed by atoms with Crippen molar-refractivity contribution in [2.24, 2.45) is 0 Å². The van der Waals surface area contributed by atoms with Crippen LogP contribution < -0.4 is 15.0 Å². The summed E-state index contributed by atoms with van der Waals surface area (Å²) in [6, 6.07) is 14.8. The van der Waals surface area contributed by atoms with E-state index in [0.29, 0.717) is 18.0 Å². The minimum absolute atomic E-state index is 0.0333. The van der Waals surface area contributed by atoms with Gasteiger partial charge in [-0.1, -0.05) is 37.5 Å². The molecule has 1 N–H and O–H groups in total. The molecule has 3 rings (SSSR count). The SMILES string of the molecule is CCOc1ccc(NCC(=O)N(c2ccccc2)C2CCCCC2)cc1S(=O)(=O)N(C)C. The number of carbonyl (C=O) groups excluding carboxylic acids is 1. The molecule has 7 nitrogen and oxygen atoms in total. The summed E-state index contributed by atoms with van der Waals surface area (Å²) in [6.07, 6.45) is 5.45. The zero-order chi connectivity index (χ0) is 23.1. The van der Waals surface area contributed by atoms with Gasteiger partial charge in [0.2, 0.25) is 15.9 Å². The fourth-order valence-electron chi connectivity index (χ4n) is 4.04. The van der Waals surface area contributed by atoms with Crippen molar-refractivity contribution in [2.45, 2.75) is 50.0 Å². The fourth-order valence-corrected chi connectivity index (χ4v) is 5.09. The predicted octanol–water partition coefficient (Wildman–Crippen LogP) is 4.11. The van der Waals surface area contributed by atoms with Crippen molar-refractivity contribution < 1.29 is 17.9 Å². The van der Waals surface area contributed by atoms with Crippen LogP contribution in [0.1, 0.15) is 39.0 Å². The summed E-state index contributed by atoms with van der Waals surface area (Å²) in [5.74, 6) is 0.264. The number of amides is 1. The second-order valence-corrected chi connectivity index (χ2v) is 10.2. The Labute approximate surface area is 191 Å². The van der Waals surface area contributed by atoms with Crippen LogP contribution in [0.5, 0.6) is 5.75 Å². The molecule has 1 saturated carbocycles. The third-order valence-corrected chi connectivity index (χ3v) is 7.53. The molecule has 0 spiro atoms. The third kappa shape index (κ3) is 5.61. The van der Waals surface area contributed by atoms with Crippen LogP contribution in [0, 0.1) is 0 Å². The van der Waals surface area contributed by atoms with Gasteiger partial charge in [-0.05, 0) is 50.1 Å². The number of sulfonamides is 1. The van der Waals surface area contributed by atoms with E-state index in [1.165, 1.54) is 26.6 Å². The molecule has 8 heteroatoms. The first-order valence-corrected chi connectivity index (χ1v) is 12.6. The first-order chi connectivity index (χ1) is 15.3. The van der Waals surface area contributed by atoms with Gasteiger partial charge in [0, 0.05) is 31.5 Å². The van der Waals surface area contributed by atoms with E-state index in [1.807, 2.05) is 35.2 Å². The minimum atomic E-state index is -3.69. The van der Waals surface area contributed by atoms with Crippen molar-refractivity contribution >= 4 is 27.3 Å². The lowest BCUT2D eigenvalue weighted by molar-refractivity contribution is -0.117. The van der Waals surface area contributed by atoms with Crippen molar-refractivity contribution in [3.63, 3.8) is 0 Å². The molecular formula is C24H33N3O4S. The van der Waals surface area contributed by atoms with Gasteiger partial charge >= 0.3 is 0 Å². The van der Waals surface area contributed by atoms with Gasteiger partial charge in [-0.15, -0.1) is 0 Å². The Bertz CT molecular complexity index is 1000. The molecule has 0 aromatic heterocycles. The number of nitrogens with one attached hydrogen (secondary N) is 1. The van der Waals surface area contributed by atoms with Crippen molar-refractivity contribution in [2.75, 3.05) is 37.5 Å². The van der Waals surface area contributed by atoms with Gasteiger partial charge in [0.15, 0.2) is 0 Å². The largest absolute Gasteiger partial charge is 0.492 e. The van der Waals surface area contributed by atoms with E-state index < -0.39 is 10.0 Å². The standard InChI is InChI=1S/C24H33N3O4S/c1-4-31-22-16-15-19(17-23(22)32(29,30)26(2)3)25-18-24(28)27(20-11-7-5-8-12-20)21-13-9-6-10-14-21/h5,7-8,11-12,15-17,21,25H,4,6,9-10,13-14,18H2,1-3H3. The summed E-state index contributed by atoms with van der Waals surface area (Å²) in [4.78, 5) is 15.3. The van der Waals surface area contributed by atoms with Crippen molar-refractivity contribution in [1.29, 1.82) is 0 Å². The van der Waals surface area contributed by atoms with Crippen LogP contribution in [0.2, 0.25) is 0 Å². The maximum Gasteiger partial charge on any atom is 0.246 e. The average Bonchev–Trinajstić information content (AvgIpc) is 2.80. The van der Waals surface area contributed by atoms with Gasteiger partial charge in [0.05, 0.1) is 13.2 Å². The van der Waals surface area contributed by atoms with Crippen LogP contribution in [-0.2, 0) is 14.8 Å². The Kier molecular flexibility index (Phi) is 8.15. The van der Waals surface area contributed by atoms with E-state index in [4.69, 9.17) is 4.74 Å². The number of hydrogen-bond donors (Lipinski definition) is 1. The summed E-state index contributed by atoms with van der Waals surface area (Å²) < 4.78 is 32.2. The smallest absolute Gasteiger partial charge is 0.246 e. The van der Waals surface area contributed by atoms with Gasteiger partial charge < -0.3 is 15.0 Å². The lowest BCUT2D eigenvalue weighted by atomic mass is 9.93. The lowest BCUT2D eigenvalue weighted by Crippen LogP contribution is -2.44. The monoisotopic (exact) mass is 459 g/mol. The fraction of sp³-hybridized carbons (Fsp3) is 0.458. The maximum atomic E-state index is 13.3. The molecule has 0 atom stereocenters. The Balaban J connectivity index is 1.81. The number of para-hydroxylation sites is 1. The first-order valence-electron chi connectivity index (χ1n) is 11.1. The van der Waals surface area contributed by atoms with Gasteiger partial charge in [0.25, 0.3) is 0 Å². The topological polar surface area (TPSA) is 79.0 Å². The van der Waals surface area contributed by atoms with E-state index in [2.05, 4.69) is 5.32 Å². The number of carbonyl (C=O) groups is 1. The molecule has 0 aliphatic heterocycles. The molecule has 174 valence electrons. The molecule has 2 aromatic rings. The van der Waals surface area contributed by atoms with Crippen LogP contribution in [0.3, 0.4) is 0 Å². The molecule has 1 fully saturated rings. The minimum Gasteiger partial charge on any atom is -0.492 e. The summed E-state index contributed by atoms with van der Waals surface area (Å²) >= 11 is 0. The molecule has 1 aliphatic carbocycles. The average molecular weight is 460 g/mol. The second-order valence-electron chi connectivity index (χ2n) is 8.13. The number of rotatable bonds is 9. The van der Waals surface area contributed by atoms with Crippen molar-refractivity contribution in [1.82, 2.24) is 4.31 Å². The van der Waals surface area contributed by atoms with E-state index in [1.54, 1.807) is 19.1 Å². The summed E-state index contributed by atoms with van der Waals surface area (Å²) in [5, 5.41) is 3.12. The molecule has 1 amide bonds. The summed E-state index contributed by atoms with van der Waals surface area (Å²) in [5.41, 5.74) is 1.45. The van der Waals surface area contributed by atoms with Gasteiger partial charge in [-0.25, -0.2) is 12.7 Å². The zero-order valence-corrected chi connectivity index (χ0v) is 19.9. The normalized spacial score (nSPS) is 14.9. The van der Waals surface area contributed by atoms with E-state index >= 15 is 0 Å². The van der Waals surface area contributed by atoms with Crippen LogP contribution in [0.15, 0.2) is 53.4 Å². The predicted molar refractivity (Wildman–Crippen MR) is 128 cm³/mol. The number of anilines is 2. The van der Waals surface area contributed by atoms with E-state index in [9.17, 15) is 13.2 Å². The van der Waals surface area contributed by atoms with E-state index in [0.717, 1.165) is 35.7 Å². The highest BCUT2D eigenvalue weighted by atomic mass is 32.2. The van der Waals surface area contributed by atoms with Gasteiger partial charge in [-0.2, -0.15) is 0 Å². The van der Waals surface area contributed by atoms with Crippen molar-refractivity contribution in [3.8, 4) is 5.75 Å². The van der Waals surface area contributed by atoms with Crippen LogP contribution in [0.25, 0.3) is 0 Å². The highest BCUT2D eigenvalue weighted by Crippen LogP contribution is 2.30. The second kappa shape index (κ2) is 10.8. The number of nitrogens with zero attached hydrogens (tertiary/aromatic N) is 2. The highest BCUT2D eigenvalue weighted by molar-refractivity contribution is 7.89. The molecule has 2 aromatic carbocycles. The van der Waals surface area contributed by atoms with Gasteiger partial charge in [-0.3, -0.25) is 4.79 Å². The Morgan fingerprint density at radius 3 is 2.38 bits per heavy atom. The summed E-state index contributed by atoms with van der Waals surface area (Å²) in [6.45, 7) is 2.23. The molecule has 1 aliphatic rings. The number of ether oxygens (including phenoxy) is 1. The molecule has 0 heterocycles. The third-order valence-electron chi connectivity index (χ3n) is 5.69. The molecule has 0 saturated heterocycles. The molecule has 0 bridgehead atoms. The Hall–Kier alpha value is -2.58. The van der Waals surface area contributed by atoms with Gasteiger partial charge in [0.1, 0.15) is 10.6 Å². The summed E-state index contributed by atoms with van der Waals surface area (Å²) in [7, 11) is -0.729. The molecule has 0 unspecified atom stereocenters. The zero-order valence-electron chi connectivity index (χ0n) is 19.1. The molecule has 32 heavy (non-hydrogen) atoms. The van der Waals surface area contributed by atoms with Crippen molar-refractivity contribution in [3.05, 3.63) is 48.5 Å². The Morgan fingerprint density at radius 2 is 1.75 bits per heavy atom. The van der Waals surface area contributed by atoms with E-state index in [-0.39, 0.29) is 23.4 Å². The van der Waals surface area contributed by atoms with Crippen LogP contribution in [0.4, 0.5) is 11.4 Å². The number of hydrogen-bond acceptors (Lipinski definition) is 5. The molecular weight excluding hydrogens is 426 g/mol. The maximum absolute atomic E-state index is 13.3.